The molecule has 0 aliphatic carbocycles. The molecule has 0 spiro atoms. The fraction of sp³-hybridized carbons (Fsp3) is 0.647. The Bertz CT molecular complexity index is 419. The van der Waals surface area contributed by atoms with Crippen molar-refractivity contribution in [2.45, 2.75) is 52.2 Å². The zero-order valence-corrected chi connectivity index (χ0v) is 13.7. The van der Waals surface area contributed by atoms with Gasteiger partial charge in [0.15, 0.2) is 0 Å². The van der Waals surface area contributed by atoms with Gasteiger partial charge in [-0.3, -0.25) is 4.90 Å². The Labute approximate surface area is 128 Å². The quantitative estimate of drug-likeness (QED) is 0.905. The summed E-state index contributed by atoms with van der Waals surface area (Å²) in [5, 5.41) is 4.59. The van der Waals surface area contributed by atoms with Crippen molar-refractivity contribution >= 4 is 11.6 Å². The van der Waals surface area contributed by atoms with E-state index in [1.807, 2.05) is 12.1 Å². The summed E-state index contributed by atoms with van der Waals surface area (Å²) in [7, 11) is 0. The standard InChI is InChI=1S/C17H27ClN2/c1-13(2)10-16-12-20(14(3)8-9-19-16)11-15-6-4-5-7-17(15)18/h4-7,13-14,16,19H,8-12H2,1-3H3. The number of rotatable bonds is 4. The molecule has 0 radical (unpaired) electrons. The van der Waals surface area contributed by atoms with Crippen LogP contribution in [0, 0.1) is 5.92 Å². The van der Waals surface area contributed by atoms with E-state index in [-0.39, 0.29) is 0 Å². The second-order valence-electron chi connectivity index (χ2n) is 6.44. The molecule has 0 bridgehead atoms. The minimum atomic E-state index is 0.599. The van der Waals surface area contributed by atoms with Gasteiger partial charge in [0.25, 0.3) is 0 Å². The smallest absolute Gasteiger partial charge is 0.0451 e. The minimum absolute atomic E-state index is 0.599. The fourth-order valence-electron chi connectivity index (χ4n) is 3.00. The van der Waals surface area contributed by atoms with E-state index < -0.39 is 0 Å². The Morgan fingerprint density at radius 3 is 2.80 bits per heavy atom. The monoisotopic (exact) mass is 294 g/mol. The lowest BCUT2D eigenvalue weighted by Crippen LogP contribution is -2.40. The van der Waals surface area contributed by atoms with Gasteiger partial charge in [-0.1, -0.05) is 43.6 Å². The number of hydrogen-bond acceptors (Lipinski definition) is 2. The fourth-order valence-corrected chi connectivity index (χ4v) is 3.19. The van der Waals surface area contributed by atoms with Crippen molar-refractivity contribution in [1.29, 1.82) is 0 Å². The maximum absolute atomic E-state index is 6.31. The zero-order valence-electron chi connectivity index (χ0n) is 12.9. The molecule has 0 aromatic heterocycles. The van der Waals surface area contributed by atoms with Gasteiger partial charge in [-0.05, 0) is 43.9 Å². The normalized spacial score (nSPS) is 24.9. The molecule has 112 valence electrons. The highest BCUT2D eigenvalue weighted by Crippen LogP contribution is 2.21. The molecular weight excluding hydrogens is 268 g/mol. The average Bonchev–Trinajstić information content (AvgIpc) is 2.54. The van der Waals surface area contributed by atoms with Crippen LogP contribution in [0.1, 0.15) is 39.2 Å². The van der Waals surface area contributed by atoms with Gasteiger partial charge in [0.2, 0.25) is 0 Å². The topological polar surface area (TPSA) is 15.3 Å². The third kappa shape index (κ3) is 4.47. The van der Waals surface area contributed by atoms with Crippen LogP contribution in [0.4, 0.5) is 0 Å². The Morgan fingerprint density at radius 1 is 1.35 bits per heavy atom. The highest BCUT2D eigenvalue weighted by molar-refractivity contribution is 6.31. The second kappa shape index (κ2) is 7.44. The molecule has 0 saturated carbocycles. The van der Waals surface area contributed by atoms with Gasteiger partial charge >= 0.3 is 0 Å². The van der Waals surface area contributed by atoms with Crippen LogP contribution >= 0.6 is 11.6 Å². The van der Waals surface area contributed by atoms with Crippen LogP contribution in [0.5, 0.6) is 0 Å². The van der Waals surface area contributed by atoms with E-state index in [1.54, 1.807) is 0 Å². The van der Waals surface area contributed by atoms with E-state index in [0.717, 1.165) is 30.6 Å². The summed E-state index contributed by atoms with van der Waals surface area (Å²) in [6.45, 7) is 10.1. The zero-order chi connectivity index (χ0) is 14.5. The third-order valence-electron chi connectivity index (χ3n) is 4.16. The molecule has 1 fully saturated rings. The highest BCUT2D eigenvalue weighted by Gasteiger charge is 2.23. The minimum Gasteiger partial charge on any atom is -0.313 e. The van der Waals surface area contributed by atoms with Crippen molar-refractivity contribution < 1.29 is 0 Å². The Hall–Kier alpha value is -0.570. The van der Waals surface area contributed by atoms with Crippen LogP contribution in [0.3, 0.4) is 0 Å². The van der Waals surface area contributed by atoms with Gasteiger partial charge in [0.1, 0.15) is 0 Å². The van der Waals surface area contributed by atoms with Gasteiger partial charge in [-0.2, -0.15) is 0 Å². The van der Waals surface area contributed by atoms with Crippen LogP contribution in [-0.2, 0) is 6.54 Å². The van der Waals surface area contributed by atoms with Crippen molar-refractivity contribution in [3.05, 3.63) is 34.9 Å². The maximum Gasteiger partial charge on any atom is 0.0451 e. The van der Waals surface area contributed by atoms with Gasteiger partial charge in [-0.25, -0.2) is 0 Å². The first-order valence-corrected chi connectivity index (χ1v) is 8.15. The third-order valence-corrected chi connectivity index (χ3v) is 4.53. The molecule has 1 aromatic carbocycles. The van der Waals surface area contributed by atoms with E-state index in [2.05, 4.69) is 43.1 Å². The first kappa shape index (κ1) is 15.8. The number of hydrogen-bond donors (Lipinski definition) is 1. The van der Waals surface area contributed by atoms with Crippen molar-refractivity contribution in [1.82, 2.24) is 10.2 Å². The first-order valence-electron chi connectivity index (χ1n) is 7.77. The molecule has 20 heavy (non-hydrogen) atoms. The maximum atomic E-state index is 6.31. The molecule has 1 aliphatic heterocycles. The van der Waals surface area contributed by atoms with Crippen molar-refractivity contribution in [2.24, 2.45) is 5.92 Å². The molecule has 1 N–H and O–H groups in total. The van der Waals surface area contributed by atoms with E-state index >= 15 is 0 Å². The molecule has 1 saturated heterocycles. The lowest BCUT2D eigenvalue weighted by atomic mass is 10.0. The molecular formula is C17H27ClN2. The summed E-state index contributed by atoms with van der Waals surface area (Å²) in [5.74, 6) is 0.739. The number of nitrogens with one attached hydrogen (secondary N) is 1. The van der Waals surface area contributed by atoms with E-state index in [1.165, 1.54) is 18.4 Å². The van der Waals surface area contributed by atoms with Crippen LogP contribution in [0.2, 0.25) is 5.02 Å². The van der Waals surface area contributed by atoms with Crippen LogP contribution < -0.4 is 5.32 Å². The van der Waals surface area contributed by atoms with Crippen molar-refractivity contribution in [2.75, 3.05) is 13.1 Å². The van der Waals surface area contributed by atoms with Gasteiger partial charge in [0, 0.05) is 30.2 Å². The van der Waals surface area contributed by atoms with Crippen LogP contribution in [0.25, 0.3) is 0 Å². The lowest BCUT2D eigenvalue weighted by molar-refractivity contribution is 0.189. The van der Waals surface area contributed by atoms with E-state index in [0.29, 0.717) is 12.1 Å². The molecule has 2 atom stereocenters. The number of halogens is 1. The Morgan fingerprint density at radius 2 is 2.10 bits per heavy atom. The summed E-state index contributed by atoms with van der Waals surface area (Å²) >= 11 is 6.31. The molecule has 1 heterocycles. The highest BCUT2D eigenvalue weighted by atomic mass is 35.5. The molecule has 2 rings (SSSR count). The van der Waals surface area contributed by atoms with E-state index in [4.69, 9.17) is 11.6 Å². The average molecular weight is 295 g/mol. The summed E-state index contributed by atoms with van der Waals surface area (Å²) < 4.78 is 0. The summed E-state index contributed by atoms with van der Waals surface area (Å²) in [4.78, 5) is 2.58. The summed E-state index contributed by atoms with van der Waals surface area (Å²) in [6.07, 6.45) is 2.45. The number of benzene rings is 1. The summed E-state index contributed by atoms with van der Waals surface area (Å²) in [6, 6.07) is 9.42. The first-order chi connectivity index (χ1) is 9.56. The Balaban J connectivity index is 2.05. The Kier molecular flexibility index (Phi) is 5.88. The largest absolute Gasteiger partial charge is 0.313 e. The summed E-state index contributed by atoms with van der Waals surface area (Å²) in [5.41, 5.74) is 1.24. The van der Waals surface area contributed by atoms with Crippen molar-refractivity contribution in [3.63, 3.8) is 0 Å². The molecule has 2 unspecified atom stereocenters. The molecule has 1 aromatic rings. The molecule has 3 heteroatoms. The van der Waals surface area contributed by atoms with Crippen LogP contribution in [0.15, 0.2) is 24.3 Å². The SMILES string of the molecule is CC(C)CC1CN(Cc2ccccc2Cl)C(C)CCN1. The predicted octanol–water partition coefficient (Wildman–Crippen LogP) is 3.94. The van der Waals surface area contributed by atoms with Gasteiger partial charge in [0.05, 0.1) is 0 Å². The van der Waals surface area contributed by atoms with Gasteiger partial charge < -0.3 is 5.32 Å². The molecule has 0 amide bonds. The number of nitrogens with zero attached hydrogens (tertiary/aromatic N) is 1. The van der Waals surface area contributed by atoms with E-state index in [9.17, 15) is 0 Å². The van der Waals surface area contributed by atoms with Crippen LogP contribution in [-0.4, -0.2) is 30.1 Å². The molecule has 2 nitrogen and oxygen atoms in total. The van der Waals surface area contributed by atoms with Crippen molar-refractivity contribution in [3.8, 4) is 0 Å². The van der Waals surface area contributed by atoms with Gasteiger partial charge in [-0.15, -0.1) is 0 Å². The molecule has 1 aliphatic rings. The second-order valence-corrected chi connectivity index (χ2v) is 6.85. The predicted molar refractivity (Wildman–Crippen MR) is 87.2 cm³/mol. The lowest BCUT2D eigenvalue weighted by Gasteiger charge is -2.30.